The molecule has 1 N–H and O–H groups in total. The van der Waals surface area contributed by atoms with E-state index in [1.165, 1.54) is 4.68 Å². The lowest BCUT2D eigenvalue weighted by Crippen LogP contribution is -2.13. The number of hydrogen-bond donors (Lipinski definition) is 1. The van der Waals surface area contributed by atoms with Gasteiger partial charge in [-0.3, -0.25) is 9.89 Å². The molecule has 7 heteroatoms. The predicted molar refractivity (Wildman–Crippen MR) is 107 cm³/mol. The first-order chi connectivity index (χ1) is 13.7. The Morgan fingerprint density at radius 2 is 1.79 bits per heavy atom. The van der Waals surface area contributed by atoms with Crippen molar-refractivity contribution in [2.24, 2.45) is 0 Å². The van der Waals surface area contributed by atoms with Crippen LogP contribution in [0.2, 0.25) is 0 Å². The SMILES string of the molecule is COc1ccc(Cn2ncc3c4[nH]n(-c5ccccc5)c(=O)c4cnc32)cc1. The van der Waals surface area contributed by atoms with Gasteiger partial charge in [0.15, 0.2) is 5.65 Å². The third kappa shape index (κ3) is 2.56. The van der Waals surface area contributed by atoms with Gasteiger partial charge in [-0.15, -0.1) is 0 Å². The van der Waals surface area contributed by atoms with E-state index >= 15 is 0 Å². The number of pyridine rings is 1. The standard InChI is InChI=1S/C21H17N5O2/c1-28-16-9-7-14(8-10-16)13-25-20-17(12-23-25)19-18(11-22-20)21(27)26(24-19)15-5-3-2-4-6-15/h2-12,24H,13H2,1H3. The molecule has 0 saturated heterocycles. The summed E-state index contributed by atoms with van der Waals surface area (Å²) in [7, 11) is 1.65. The first-order valence-corrected chi connectivity index (χ1v) is 8.88. The zero-order chi connectivity index (χ0) is 19.1. The van der Waals surface area contributed by atoms with Crippen LogP contribution in [-0.4, -0.2) is 31.7 Å². The van der Waals surface area contributed by atoms with Crippen molar-refractivity contribution >= 4 is 21.9 Å². The molecule has 28 heavy (non-hydrogen) atoms. The number of para-hydroxylation sites is 1. The first kappa shape index (κ1) is 16.3. The molecular formula is C21H17N5O2. The molecule has 0 spiro atoms. The number of nitrogens with zero attached hydrogens (tertiary/aromatic N) is 4. The first-order valence-electron chi connectivity index (χ1n) is 8.88. The van der Waals surface area contributed by atoms with Crippen molar-refractivity contribution in [3.8, 4) is 11.4 Å². The van der Waals surface area contributed by atoms with E-state index in [9.17, 15) is 4.79 Å². The average Bonchev–Trinajstić information content (AvgIpc) is 3.30. The Bertz CT molecular complexity index is 1330. The Kier molecular flexibility index (Phi) is 3.72. The number of aromatic amines is 1. The van der Waals surface area contributed by atoms with Crippen LogP contribution in [0, 0.1) is 0 Å². The van der Waals surface area contributed by atoms with Crippen LogP contribution in [0.3, 0.4) is 0 Å². The molecule has 0 unspecified atom stereocenters. The number of ether oxygens (including phenoxy) is 1. The normalized spacial score (nSPS) is 11.3. The third-order valence-corrected chi connectivity index (χ3v) is 4.83. The fourth-order valence-electron chi connectivity index (χ4n) is 3.37. The Morgan fingerprint density at radius 1 is 1.00 bits per heavy atom. The van der Waals surface area contributed by atoms with E-state index in [0.29, 0.717) is 11.9 Å². The summed E-state index contributed by atoms with van der Waals surface area (Å²) >= 11 is 0. The number of H-pyrrole nitrogens is 1. The lowest BCUT2D eigenvalue weighted by molar-refractivity contribution is 0.414. The Morgan fingerprint density at radius 3 is 2.54 bits per heavy atom. The Labute approximate surface area is 159 Å². The summed E-state index contributed by atoms with van der Waals surface area (Å²) in [5.41, 5.74) is 3.20. The molecule has 138 valence electrons. The molecule has 0 amide bonds. The number of hydrogen-bond acceptors (Lipinski definition) is 4. The molecule has 0 bridgehead atoms. The van der Waals surface area contributed by atoms with Gasteiger partial charge >= 0.3 is 0 Å². The fraction of sp³-hybridized carbons (Fsp3) is 0.0952. The summed E-state index contributed by atoms with van der Waals surface area (Å²) in [6.07, 6.45) is 3.36. The van der Waals surface area contributed by atoms with E-state index < -0.39 is 0 Å². The lowest BCUT2D eigenvalue weighted by Gasteiger charge is -2.05. The molecule has 0 aliphatic heterocycles. The van der Waals surface area contributed by atoms with Gasteiger partial charge in [0.2, 0.25) is 0 Å². The molecule has 0 atom stereocenters. The van der Waals surface area contributed by atoms with Crippen molar-refractivity contribution in [3.63, 3.8) is 0 Å². The van der Waals surface area contributed by atoms with Crippen molar-refractivity contribution in [3.05, 3.63) is 82.9 Å². The van der Waals surface area contributed by atoms with Crippen LogP contribution in [0.4, 0.5) is 0 Å². The highest BCUT2D eigenvalue weighted by molar-refractivity contribution is 6.01. The Hall–Kier alpha value is -3.87. The minimum atomic E-state index is -0.126. The van der Waals surface area contributed by atoms with E-state index in [4.69, 9.17) is 4.74 Å². The maximum atomic E-state index is 12.8. The molecular weight excluding hydrogens is 354 g/mol. The molecule has 7 nitrogen and oxygen atoms in total. The van der Waals surface area contributed by atoms with Crippen LogP contribution in [-0.2, 0) is 6.54 Å². The van der Waals surface area contributed by atoms with Crippen molar-refractivity contribution < 1.29 is 4.74 Å². The molecule has 0 aliphatic rings. The smallest absolute Gasteiger partial charge is 0.280 e. The van der Waals surface area contributed by atoms with E-state index in [1.54, 1.807) is 19.5 Å². The molecule has 2 aromatic carbocycles. The second-order valence-corrected chi connectivity index (χ2v) is 6.52. The van der Waals surface area contributed by atoms with Crippen molar-refractivity contribution in [1.29, 1.82) is 0 Å². The summed E-state index contributed by atoms with van der Waals surface area (Å²) in [5.74, 6) is 0.814. The summed E-state index contributed by atoms with van der Waals surface area (Å²) < 4.78 is 8.56. The maximum Gasteiger partial charge on any atom is 0.280 e. The van der Waals surface area contributed by atoms with E-state index in [0.717, 1.165) is 33.6 Å². The van der Waals surface area contributed by atoms with Gasteiger partial charge in [0.05, 0.1) is 41.8 Å². The van der Waals surface area contributed by atoms with Gasteiger partial charge in [0, 0.05) is 6.20 Å². The molecule has 0 saturated carbocycles. The van der Waals surface area contributed by atoms with Crippen molar-refractivity contribution in [1.82, 2.24) is 24.5 Å². The van der Waals surface area contributed by atoms with Gasteiger partial charge in [-0.1, -0.05) is 30.3 Å². The van der Waals surface area contributed by atoms with E-state index in [2.05, 4.69) is 15.2 Å². The van der Waals surface area contributed by atoms with Gasteiger partial charge in [-0.05, 0) is 29.8 Å². The molecule has 0 aliphatic carbocycles. The lowest BCUT2D eigenvalue weighted by atomic mass is 10.2. The van der Waals surface area contributed by atoms with E-state index in [-0.39, 0.29) is 5.56 Å². The highest BCUT2D eigenvalue weighted by Crippen LogP contribution is 2.22. The second-order valence-electron chi connectivity index (χ2n) is 6.52. The van der Waals surface area contributed by atoms with Gasteiger partial charge in [0.1, 0.15) is 5.75 Å². The summed E-state index contributed by atoms with van der Waals surface area (Å²) in [6.45, 7) is 0.579. The maximum absolute atomic E-state index is 12.8. The molecule has 5 rings (SSSR count). The third-order valence-electron chi connectivity index (χ3n) is 4.83. The van der Waals surface area contributed by atoms with Crippen LogP contribution in [0.15, 0.2) is 71.8 Å². The van der Waals surface area contributed by atoms with Crippen LogP contribution in [0.1, 0.15) is 5.56 Å². The molecule has 0 fully saturated rings. The van der Waals surface area contributed by atoms with Crippen LogP contribution < -0.4 is 10.3 Å². The van der Waals surface area contributed by atoms with Crippen LogP contribution >= 0.6 is 0 Å². The van der Waals surface area contributed by atoms with Gasteiger partial charge in [-0.2, -0.15) is 5.10 Å². The zero-order valence-electron chi connectivity index (χ0n) is 15.2. The number of rotatable bonds is 4. The minimum absolute atomic E-state index is 0.126. The highest BCUT2D eigenvalue weighted by Gasteiger charge is 2.15. The van der Waals surface area contributed by atoms with Gasteiger partial charge in [-0.25, -0.2) is 14.3 Å². The van der Waals surface area contributed by atoms with Crippen molar-refractivity contribution in [2.75, 3.05) is 7.11 Å². The highest BCUT2D eigenvalue weighted by atomic mass is 16.5. The second kappa shape index (κ2) is 6.38. The van der Waals surface area contributed by atoms with Crippen LogP contribution in [0.25, 0.3) is 27.6 Å². The monoisotopic (exact) mass is 371 g/mol. The fourth-order valence-corrected chi connectivity index (χ4v) is 3.37. The quantitative estimate of drug-likeness (QED) is 0.527. The Balaban J connectivity index is 1.60. The zero-order valence-corrected chi connectivity index (χ0v) is 15.2. The number of methoxy groups -OCH3 is 1. The summed E-state index contributed by atoms with van der Waals surface area (Å²) in [6, 6.07) is 17.3. The molecule has 3 heterocycles. The number of benzene rings is 2. The van der Waals surface area contributed by atoms with Crippen molar-refractivity contribution in [2.45, 2.75) is 6.54 Å². The average molecular weight is 371 g/mol. The molecule has 5 aromatic rings. The number of nitrogens with one attached hydrogen (secondary N) is 1. The van der Waals surface area contributed by atoms with Gasteiger partial charge < -0.3 is 4.74 Å². The predicted octanol–water partition coefficient (Wildman–Crippen LogP) is 3.12. The van der Waals surface area contributed by atoms with Crippen LogP contribution in [0.5, 0.6) is 5.75 Å². The number of aromatic nitrogens is 5. The topological polar surface area (TPSA) is 77.7 Å². The summed E-state index contributed by atoms with van der Waals surface area (Å²) in [5, 5.41) is 9.06. The number of fused-ring (bicyclic) bond motifs is 3. The minimum Gasteiger partial charge on any atom is -0.497 e. The molecule has 3 aromatic heterocycles. The molecule has 0 radical (unpaired) electrons. The van der Waals surface area contributed by atoms with E-state index in [1.807, 2.05) is 59.3 Å². The summed E-state index contributed by atoms with van der Waals surface area (Å²) in [4.78, 5) is 17.3. The van der Waals surface area contributed by atoms with Gasteiger partial charge in [0.25, 0.3) is 5.56 Å². The largest absolute Gasteiger partial charge is 0.497 e.